The van der Waals surface area contributed by atoms with Gasteiger partial charge in [0.15, 0.2) is 5.69 Å². The molecule has 3 rings (SSSR count). The van der Waals surface area contributed by atoms with Gasteiger partial charge in [-0.25, -0.2) is 9.48 Å². The van der Waals surface area contributed by atoms with Crippen molar-refractivity contribution < 1.29 is 19.6 Å². The summed E-state index contributed by atoms with van der Waals surface area (Å²) in [6.07, 6.45) is 0. The van der Waals surface area contributed by atoms with Gasteiger partial charge < -0.3 is 10.4 Å². The standard InChI is InChI=1S/C18H14N4O6/c1-10-6-7-11(22(27)28)8-14(10)19-15(23)9-21-17(24)13-5-3-2-4-12(13)16(20-21)18(25)26/h2-8H,9H2,1H3,(H,19,23)(H,25,26). The number of nitrogens with zero attached hydrogens (tertiary/aromatic N) is 3. The zero-order chi connectivity index (χ0) is 20.4. The van der Waals surface area contributed by atoms with Crippen molar-refractivity contribution in [1.82, 2.24) is 9.78 Å². The second-order valence-electron chi connectivity index (χ2n) is 5.97. The van der Waals surface area contributed by atoms with Crippen LogP contribution in [0.25, 0.3) is 10.8 Å². The molecule has 0 saturated heterocycles. The smallest absolute Gasteiger partial charge is 0.357 e. The maximum atomic E-state index is 12.5. The molecule has 10 nitrogen and oxygen atoms in total. The van der Waals surface area contributed by atoms with Gasteiger partial charge in [-0.1, -0.05) is 24.3 Å². The third-order valence-corrected chi connectivity index (χ3v) is 4.07. The molecule has 0 aliphatic rings. The number of aromatic carboxylic acids is 1. The van der Waals surface area contributed by atoms with E-state index in [1.807, 2.05) is 0 Å². The van der Waals surface area contributed by atoms with Gasteiger partial charge in [-0.05, 0) is 18.6 Å². The number of non-ortho nitro benzene ring substituents is 1. The highest BCUT2D eigenvalue weighted by molar-refractivity contribution is 6.01. The molecule has 1 aromatic heterocycles. The zero-order valence-electron chi connectivity index (χ0n) is 14.6. The van der Waals surface area contributed by atoms with Gasteiger partial charge in [0.1, 0.15) is 6.54 Å². The predicted molar refractivity (Wildman–Crippen MR) is 99.4 cm³/mol. The summed E-state index contributed by atoms with van der Waals surface area (Å²) in [7, 11) is 0. The molecule has 0 radical (unpaired) electrons. The summed E-state index contributed by atoms with van der Waals surface area (Å²) < 4.78 is 0.758. The molecule has 0 bridgehead atoms. The number of fused-ring (bicyclic) bond motifs is 1. The van der Waals surface area contributed by atoms with E-state index in [9.17, 15) is 29.6 Å². The van der Waals surface area contributed by atoms with E-state index in [1.54, 1.807) is 19.1 Å². The number of rotatable bonds is 5. The van der Waals surface area contributed by atoms with Gasteiger partial charge in [0.05, 0.1) is 16.0 Å². The Kier molecular flexibility index (Phi) is 4.86. The van der Waals surface area contributed by atoms with E-state index in [0.29, 0.717) is 5.56 Å². The van der Waals surface area contributed by atoms with E-state index in [-0.39, 0.29) is 27.8 Å². The summed E-state index contributed by atoms with van der Waals surface area (Å²) >= 11 is 0. The van der Waals surface area contributed by atoms with E-state index < -0.39 is 28.9 Å². The molecule has 142 valence electrons. The zero-order valence-corrected chi connectivity index (χ0v) is 14.6. The van der Waals surface area contributed by atoms with E-state index in [0.717, 1.165) is 4.68 Å². The van der Waals surface area contributed by atoms with Crippen LogP contribution in [0.2, 0.25) is 0 Å². The van der Waals surface area contributed by atoms with Crippen molar-refractivity contribution in [3.63, 3.8) is 0 Å². The van der Waals surface area contributed by atoms with Gasteiger partial charge in [-0.15, -0.1) is 0 Å². The molecule has 1 heterocycles. The minimum absolute atomic E-state index is 0.120. The Labute approximate surface area is 157 Å². The molecule has 28 heavy (non-hydrogen) atoms. The molecule has 0 atom stereocenters. The quantitative estimate of drug-likeness (QED) is 0.507. The van der Waals surface area contributed by atoms with E-state index in [4.69, 9.17) is 0 Å². The van der Waals surface area contributed by atoms with Gasteiger partial charge in [-0.2, -0.15) is 5.10 Å². The summed E-state index contributed by atoms with van der Waals surface area (Å²) in [4.78, 5) is 46.7. The monoisotopic (exact) mass is 382 g/mol. The highest BCUT2D eigenvalue weighted by atomic mass is 16.6. The van der Waals surface area contributed by atoms with Crippen LogP contribution >= 0.6 is 0 Å². The number of nitro groups is 1. The van der Waals surface area contributed by atoms with Crippen LogP contribution in [0.4, 0.5) is 11.4 Å². The van der Waals surface area contributed by atoms with Crippen LogP contribution in [0.5, 0.6) is 0 Å². The number of aryl methyl sites for hydroxylation is 1. The van der Waals surface area contributed by atoms with Crippen LogP contribution in [0.1, 0.15) is 16.1 Å². The fourth-order valence-corrected chi connectivity index (χ4v) is 2.68. The molecule has 0 fully saturated rings. The van der Waals surface area contributed by atoms with Crippen molar-refractivity contribution in [2.45, 2.75) is 13.5 Å². The van der Waals surface area contributed by atoms with Crippen molar-refractivity contribution in [2.24, 2.45) is 0 Å². The second-order valence-corrected chi connectivity index (χ2v) is 5.97. The number of aromatic nitrogens is 2. The Balaban J connectivity index is 1.95. The lowest BCUT2D eigenvalue weighted by Gasteiger charge is -2.11. The van der Waals surface area contributed by atoms with Crippen molar-refractivity contribution in [3.8, 4) is 0 Å². The molecular weight excluding hydrogens is 368 g/mol. The van der Waals surface area contributed by atoms with Crippen molar-refractivity contribution in [1.29, 1.82) is 0 Å². The van der Waals surface area contributed by atoms with Crippen LogP contribution in [0.15, 0.2) is 47.3 Å². The first kappa shape index (κ1) is 18.7. The van der Waals surface area contributed by atoms with Crippen LogP contribution in [-0.4, -0.2) is 31.7 Å². The molecule has 0 saturated carbocycles. The van der Waals surface area contributed by atoms with E-state index in [2.05, 4.69) is 10.4 Å². The minimum atomic E-state index is -1.33. The maximum absolute atomic E-state index is 12.5. The number of carbonyl (C=O) groups excluding carboxylic acids is 1. The molecule has 3 aromatic rings. The average Bonchev–Trinajstić information content (AvgIpc) is 2.65. The van der Waals surface area contributed by atoms with Crippen LogP contribution in [-0.2, 0) is 11.3 Å². The highest BCUT2D eigenvalue weighted by Gasteiger charge is 2.18. The Bertz CT molecular complexity index is 1180. The summed E-state index contributed by atoms with van der Waals surface area (Å²) in [6, 6.07) is 10.1. The fourth-order valence-electron chi connectivity index (χ4n) is 2.68. The molecule has 0 unspecified atom stereocenters. The number of hydrogen-bond donors (Lipinski definition) is 2. The topological polar surface area (TPSA) is 144 Å². The van der Waals surface area contributed by atoms with Gasteiger partial charge in [0.2, 0.25) is 5.91 Å². The van der Waals surface area contributed by atoms with Crippen molar-refractivity contribution >= 4 is 34.0 Å². The number of nitro benzene ring substituents is 1. The van der Waals surface area contributed by atoms with Gasteiger partial charge >= 0.3 is 5.97 Å². The number of benzene rings is 2. The number of carboxylic acids is 1. The molecule has 2 aromatic carbocycles. The molecular formula is C18H14N4O6. The SMILES string of the molecule is Cc1ccc([N+](=O)[O-])cc1NC(=O)Cn1nc(C(=O)O)c2ccccc2c1=O. The summed E-state index contributed by atoms with van der Waals surface area (Å²) in [5.74, 6) is -2.01. The predicted octanol–water partition coefficient (Wildman–Crippen LogP) is 1.95. The summed E-state index contributed by atoms with van der Waals surface area (Å²) in [5, 5.41) is 26.8. The first-order valence-corrected chi connectivity index (χ1v) is 8.06. The normalized spacial score (nSPS) is 10.6. The van der Waals surface area contributed by atoms with Gasteiger partial charge in [-0.3, -0.25) is 19.7 Å². The summed E-state index contributed by atoms with van der Waals surface area (Å²) in [6.45, 7) is 1.11. The number of amides is 1. The maximum Gasteiger partial charge on any atom is 0.357 e. The lowest BCUT2D eigenvalue weighted by Crippen LogP contribution is -2.31. The number of carbonyl (C=O) groups is 2. The second kappa shape index (κ2) is 7.27. The number of hydrogen-bond acceptors (Lipinski definition) is 6. The fraction of sp³-hybridized carbons (Fsp3) is 0.111. The molecule has 0 aliphatic carbocycles. The Morgan fingerprint density at radius 1 is 1.21 bits per heavy atom. The van der Waals surface area contributed by atoms with E-state index >= 15 is 0 Å². The Morgan fingerprint density at radius 3 is 2.54 bits per heavy atom. The first-order valence-electron chi connectivity index (χ1n) is 8.06. The molecule has 2 N–H and O–H groups in total. The molecule has 0 spiro atoms. The van der Waals surface area contributed by atoms with Gasteiger partial charge in [0, 0.05) is 17.5 Å². The Morgan fingerprint density at radius 2 is 1.89 bits per heavy atom. The number of anilines is 1. The Hall–Kier alpha value is -4.08. The molecule has 10 heteroatoms. The van der Waals surface area contributed by atoms with Crippen molar-refractivity contribution in [3.05, 3.63) is 74.2 Å². The first-order chi connectivity index (χ1) is 13.3. The number of nitrogens with one attached hydrogen (secondary N) is 1. The van der Waals surface area contributed by atoms with Crippen LogP contribution in [0.3, 0.4) is 0 Å². The average molecular weight is 382 g/mol. The molecule has 1 amide bonds. The largest absolute Gasteiger partial charge is 0.476 e. The van der Waals surface area contributed by atoms with Crippen molar-refractivity contribution in [2.75, 3.05) is 5.32 Å². The number of carboxylic acid groups (broad SMARTS) is 1. The van der Waals surface area contributed by atoms with Crippen LogP contribution < -0.4 is 10.9 Å². The lowest BCUT2D eigenvalue weighted by molar-refractivity contribution is -0.384. The third-order valence-electron chi connectivity index (χ3n) is 4.07. The van der Waals surface area contributed by atoms with E-state index in [1.165, 1.54) is 30.3 Å². The molecule has 0 aliphatic heterocycles. The highest BCUT2D eigenvalue weighted by Crippen LogP contribution is 2.22. The summed E-state index contributed by atoms with van der Waals surface area (Å²) in [5.41, 5.74) is -0.369. The minimum Gasteiger partial charge on any atom is -0.476 e. The van der Waals surface area contributed by atoms with Crippen LogP contribution in [0, 0.1) is 17.0 Å². The van der Waals surface area contributed by atoms with Gasteiger partial charge in [0.25, 0.3) is 11.2 Å². The lowest BCUT2D eigenvalue weighted by atomic mass is 10.1. The third kappa shape index (κ3) is 3.56.